The Morgan fingerprint density at radius 3 is 2.60 bits per heavy atom. The molecule has 1 fully saturated rings. The van der Waals surface area contributed by atoms with Gasteiger partial charge in [0.2, 0.25) is 0 Å². The quantitative estimate of drug-likeness (QED) is 0.768. The molecule has 5 nitrogen and oxygen atoms in total. The first-order chi connectivity index (χ1) is 9.61. The van der Waals surface area contributed by atoms with Crippen LogP contribution in [0.3, 0.4) is 0 Å². The molecule has 6 heteroatoms. The molecule has 2 heterocycles. The summed E-state index contributed by atoms with van der Waals surface area (Å²) < 4.78 is 1.76. The predicted molar refractivity (Wildman–Crippen MR) is 82.7 cm³/mol. The topological polar surface area (TPSA) is 41.4 Å². The molecular weight excluding hydrogens is 276 g/mol. The highest BCUT2D eigenvalue weighted by Crippen LogP contribution is 2.09. The van der Waals surface area contributed by atoms with Crippen LogP contribution in [0.5, 0.6) is 0 Å². The second kappa shape index (κ2) is 7.09. The molecule has 1 aromatic heterocycles. The van der Waals surface area contributed by atoms with E-state index in [0.717, 1.165) is 39.3 Å². The van der Waals surface area contributed by atoms with Crippen LogP contribution in [-0.4, -0.2) is 53.1 Å². The molecule has 1 aliphatic rings. The van der Waals surface area contributed by atoms with Gasteiger partial charge in [0.25, 0.3) is 5.56 Å². The van der Waals surface area contributed by atoms with Crippen LogP contribution in [0.15, 0.2) is 17.2 Å². The smallest absolute Gasteiger partial charge is 0.293 e. The average Bonchev–Trinajstić information content (AvgIpc) is 2.42. The fraction of sp³-hybridized carbons (Fsp3) is 0.714. The number of alkyl halides is 1. The molecule has 0 N–H and O–H groups in total. The molecule has 0 radical (unpaired) electrons. The number of piperazine rings is 1. The molecule has 0 aliphatic carbocycles. The van der Waals surface area contributed by atoms with Gasteiger partial charge in [-0.25, -0.2) is 4.98 Å². The second-order valence-corrected chi connectivity index (χ2v) is 6.00. The van der Waals surface area contributed by atoms with Crippen molar-refractivity contribution in [3.63, 3.8) is 0 Å². The van der Waals surface area contributed by atoms with Crippen molar-refractivity contribution in [3.05, 3.63) is 22.7 Å². The minimum Gasteiger partial charge on any atom is -0.349 e. The first-order valence-corrected chi connectivity index (χ1v) is 7.74. The van der Waals surface area contributed by atoms with Gasteiger partial charge in [0.05, 0.1) is 0 Å². The van der Waals surface area contributed by atoms with E-state index in [1.807, 2.05) is 0 Å². The summed E-state index contributed by atoms with van der Waals surface area (Å²) in [5.74, 6) is 1.69. The zero-order chi connectivity index (χ0) is 14.5. The Kier molecular flexibility index (Phi) is 5.43. The number of rotatable bonds is 5. The molecule has 0 amide bonds. The van der Waals surface area contributed by atoms with Crippen LogP contribution in [0.4, 0.5) is 5.82 Å². The highest BCUT2D eigenvalue weighted by Gasteiger charge is 2.20. The minimum absolute atomic E-state index is 0.0204. The summed E-state index contributed by atoms with van der Waals surface area (Å²) in [6, 6.07) is 0. The fourth-order valence-corrected chi connectivity index (χ4v) is 2.73. The summed E-state index contributed by atoms with van der Waals surface area (Å²) in [5, 5.41) is 0. The summed E-state index contributed by atoms with van der Waals surface area (Å²) in [4.78, 5) is 21.1. The van der Waals surface area contributed by atoms with E-state index in [1.54, 1.807) is 17.0 Å². The maximum absolute atomic E-state index is 12.4. The molecule has 2 rings (SSSR count). The Morgan fingerprint density at radius 2 is 2.00 bits per heavy atom. The van der Waals surface area contributed by atoms with Gasteiger partial charge in [-0.1, -0.05) is 13.8 Å². The largest absolute Gasteiger partial charge is 0.349 e. The first-order valence-electron chi connectivity index (χ1n) is 7.20. The number of halogens is 1. The molecule has 1 aromatic rings. The number of hydrogen-bond donors (Lipinski definition) is 0. The van der Waals surface area contributed by atoms with Crippen LogP contribution in [0.2, 0.25) is 0 Å². The van der Waals surface area contributed by atoms with Crippen LogP contribution in [-0.2, 0) is 6.54 Å². The molecule has 1 aliphatic heterocycles. The van der Waals surface area contributed by atoms with Gasteiger partial charge in [-0.05, 0) is 5.92 Å². The molecule has 112 valence electrons. The van der Waals surface area contributed by atoms with E-state index in [0.29, 0.717) is 17.6 Å². The van der Waals surface area contributed by atoms with Crippen molar-refractivity contribution < 1.29 is 0 Å². The van der Waals surface area contributed by atoms with Crippen LogP contribution in [0, 0.1) is 5.92 Å². The van der Waals surface area contributed by atoms with Crippen LogP contribution >= 0.6 is 11.6 Å². The van der Waals surface area contributed by atoms with Crippen LogP contribution < -0.4 is 10.5 Å². The van der Waals surface area contributed by atoms with E-state index in [2.05, 4.69) is 28.6 Å². The van der Waals surface area contributed by atoms with Crippen molar-refractivity contribution in [3.8, 4) is 0 Å². The summed E-state index contributed by atoms with van der Waals surface area (Å²) in [5.41, 5.74) is 0.0204. The van der Waals surface area contributed by atoms with Crippen molar-refractivity contribution in [1.29, 1.82) is 0 Å². The van der Waals surface area contributed by atoms with Gasteiger partial charge in [0.15, 0.2) is 5.82 Å². The summed E-state index contributed by atoms with van der Waals surface area (Å²) in [7, 11) is 0. The van der Waals surface area contributed by atoms with Crippen molar-refractivity contribution in [1.82, 2.24) is 14.5 Å². The summed E-state index contributed by atoms with van der Waals surface area (Å²) in [6.07, 6.45) is 3.50. The van der Waals surface area contributed by atoms with E-state index < -0.39 is 0 Å². The predicted octanol–water partition coefficient (Wildman–Crippen LogP) is 1.26. The maximum Gasteiger partial charge on any atom is 0.293 e. The second-order valence-electron chi connectivity index (χ2n) is 5.62. The van der Waals surface area contributed by atoms with E-state index >= 15 is 0 Å². The van der Waals surface area contributed by atoms with Gasteiger partial charge in [0.1, 0.15) is 0 Å². The Balaban J connectivity index is 2.08. The van der Waals surface area contributed by atoms with Crippen molar-refractivity contribution >= 4 is 17.4 Å². The number of aromatic nitrogens is 2. The lowest BCUT2D eigenvalue weighted by atomic mass is 10.2. The Morgan fingerprint density at radius 1 is 1.30 bits per heavy atom. The molecule has 0 bridgehead atoms. The molecule has 20 heavy (non-hydrogen) atoms. The zero-order valence-corrected chi connectivity index (χ0v) is 13.0. The minimum atomic E-state index is 0.0204. The van der Waals surface area contributed by atoms with Crippen molar-refractivity contribution in [2.45, 2.75) is 20.4 Å². The third kappa shape index (κ3) is 3.73. The van der Waals surface area contributed by atoms with E-state index in [4.69, 9.17) is 11.6 Å². The van der Waals surface area contributed by atoms with E-state index in [9.17, 15) is 4.79 Å². The van der Waals surface area contributed by atoms with Gasteiger partial charge in [0, 0.05) is 57.5 Å². The van der Waals surface area contributed by atoms with Crippen molar-refractivity contribution in [2.24, 2.45) is 5.92 Å². The Bertz CT molecular complexity index is 480. The lowest BCUT2D eigenvalue weighted by Gasteiger charge is -2.34. The van der Waals surface area contributed by atoms with Crippen LogP contribution in [0.1, 0.15) is 13.8 Å². The normalized spacial score (nSPS) is 16.9. The monoisotopic (exact) mass is 298 g/mol. The zero-order valence-electron chi connectivity index (χ0n) is 12.3. The molecule has 0 saturated carbocycles. The van der Waals surface area contributed by atoms with Gasteiger partial charge < -0.3 is 9.47 Å². The molecule has 0 unspecified atom stereocenters. The number of hydrogen-bond acceptors (Lipinski definition) is 4. The summed E-state index contributed by atoms with van der Waals surface area (Å²) >= 11 is 5.76. The third-order valence-electron chi connectivity index (χ3n) is 3.53. The fourth-order valence-electron chi connectivity index (χ4n) is 2.49. The highest BCUT2D eigenvalue weighted by molar-refractivity contribution is 6.18. The van der Waals surface area contributed by atoms with Gasteiger partial charge in [-0.2, -0.15) is 0 Å². The summed E-state index contributed by atoms with van der Waals surface area (Å²) in [6.45, 7) is 9.42. The Labute approximate surface area is 125 Å². The molecular formula is C14H23ClN4O. The standard InChI is InChI=1S/C14H23ClN4O/c1-12(2)11-19-6-4-16-13(14(19)20)18-9-7-17(5-3-15)8-10-18/h4,6,12H,3,5,7-11H2,1-2H3. The first kappa shape index (κ1) is 15.3. The van der Waals surface area contributed by atoms with Gasteiger partial charge in [-0.3, -0.25) is 9.69 Å². The highest BCUT2D eigenvalue weighted by atomic mass is 35.5. The number of nitrogens with zero attached hydrogens (tertiary/aromatic N) is 4. The van der Waals surface area contributed by atoms with Crippen molar-refractivity contribution in [2.75, 3.05) is 43.5 Å². The molecule has 0 spiro atoms. The lowest BCUT2D eigenvalue weighted by Crippen LogP contribution is -2.49. The van der Waals surface area contributed by atoms with Crippen LogP contribution in [0.25, 0.3) is 0 Å². The number of anilines is 1. The SMILES string of the molecule is CC(C)Cn1ccnc(N2CCN(CCCl)CC2)c1=O. The van der Waals surface area contributed by atoms with Gasteiger partial charge in [-0.15, -0.1) is 11.6 Å². The Hall–Kier alpha value is -1.07. The molecule has 1 saturated heterocycles. The third-order valence-corrected chi connectivity index (χ3v) is 3.70. The van der Waals surface area contributed by atoms with E-state index in [1.165, 1.54) is 0 Å². The van der Waals surface area contributed by atoms with E-state index in [-0.39, 0.29) is 5.56 Å². The average molecular weight is 299 g/mol. The van der Waals surface area contributed by atoms with Gasteiger partial charge >= 0.3 is 0 Å². The molecule has 0 atom stereocenters. The molecule has 0 aromatic carbocycles. The lowest BCUT2D eigenvalue weighted by molar-refractivity contribution is 0.271. The maximum atomic E-state index is 12.4.